The maximum absolute atomic E-state index is 11.9. The van der Waals surface area contributed by atoms with Gasteiger partial charge < -0.3 is 9.64 Å². The lowest BCUT2D eigenvalue weighted by atomic mass is 10.0. The number of halogens is 1. The van der Waals surface area contributed by atoms with Crippen LogP contribution in [0.2, 0.25) is 0 Å². The number of rotatable bonds is 7. The number of carbonyl (C=O) groups excluding carboxylic acids is 2. The molecule has 0 radical (unpaired) electrons. The predicted molar refractivity (Wildman–Crippen MR) is 115 cm³/mol. The largest absolute Gasteiger partial charge is 0.465 e. The molecule has 1 saturated heterocycles. The van der Waals surface area contributed by atoms with E-state index in [2.05, 4.69) is 52.3 Å². The quantitative estimate of drug-likeness (QED) is 0.521. The Hall–Kier alpha value is -2.11. The Balaban J connectivity index is 0.00000280. The first-order chi connectivity index (χ1) is 13.1. The summed E-state index contributed by atoms with van der Waals surface area (Å²) >= 11 is 0. The van der Waals surface area contributed by atoms with Gasteiger partial charge in [-0.15, -0.1) is 12.4 Å². The van der Waals surface area contributed by atoms with Crippen molar-refractivity contribution in [2.24, 2.45) is 5.92 Å². The van der Waals surface area contributed by atoms with Crippen molar-refractivity contribution in [3.8, 4) is 0 Å². The van der Waals surface area contributed by atoms with Gasteiger partial charge in [0.05, 0.1) is 6.61 Å². The van der Waals surface area contributed by atoms with Gasteiger partial charge in [-0.05, 0) is 38.3 Å². The van der Waals surface area contributed by atoms with E-state index in [1.54, 1.807) is 6.92 Å². The number of nitrogens with zero attached hydrogens (tertiary/aromatic N) is 2. The highest BCUT2D eigenvalue weighted by Gasteiger charge is 2.26. The van der Waals surface area contributed by atoms with Crippen molar-refractivity contribution in [1.82, 2.24) is 4.90 Å². The number of ether oxygens (including phenoxy) is 1. The highest BCUT2D eigenvalue weighted by molar-refractivity contribution is 5.97. The standard InChI is InChI=1S/C22H28N2O3.ClH/c1-3-27-22(26)19(17(2)25)11-12-23-13-15-24(16-14-23)21-10-6-8-18-7-4-5-9-20(18)21;/h4-10,19H,3,11-16H2,1-2H3;1H. The third-order valence-corrected chi connectivity index (χ3v) is 5.28. The van der Waals surface area contributed by atoms with E-state index in [9.17, 15) is 9.59 Å². The monoisotopic (exact) mass is 404 g/mol. The molecule has 1 aliphatic rings. The number of hydrogen-bond donors (Lipinski definition) is 0. The molecule has 2 aromatic carbocycles. The van der Waals surface area contributed by atoms with Crippen molar-refractivity contribution < 1.29 is 14.3 Å². The maximum Gasteiger partial charge on any atom is 0.316 e. The van der Waals surface area contributed by atoms with Crippen LogP contribution in [0.25, 0.3) is 10.8 Å². The summed E-state index contributed by atoms with van der Waals surface area (Å²) in [6.07, 6.45) is 0.530. The molecule has 1 fully saturated rings. The summed E-state index contributed by atoms with van der Waals surface area (Å²) in [7, 11) is 0. The fourth-order valence-corrected chi connectivity index (χ4v) is 3.74. The molecule has 1 unspecified atom stereocenters. The molecule has 1 heterocycles. The third-order valence-electron chi connectivity index (χ3n) is 5.28. The second-order valence-corrected chi connectivity index (χ2v) is 7.03. The van der Waals surface area contributed by atoms with Crippen LogP contribution in [0.4, 0.5) is 5.69 Å². The van der Waals surface area contributed by atoms with Gasteiger partial charge in [0.2, 0.25) is 0 Å². The Morgan fingerprint density at radius 1 is 1.04 bits per heavy atom. The van der Waals surface area contributed by atoms with Crippen molar-refractivity contribution in [2.45, 2.75) is 20.3 Å². The molecule has 0 amide bonds. The number of benzene rings is 2. The van der Waals surface area contributed by atoms with Crippen LogP contribution in [0, 0.1) is 5.92 Å². The highest BCUT2D eigenvalue weighted by Crippen LogP contribution is 2.27. The summed E-state index contributed by atoms with van der Waals surface area (Å²) in [6.45, 7) is 8.03. The topological polar surface area (TPSA) is 49.9 Å². The van der Waals surface area contributed by atoms with Gasteiger partial charge >= 0.3 is 5.97 Å². The highest BCUT2D eigenvalue weighted by atomic mass is 35.5. The Morgan fingerprint density at radius 2 is 1.71 bits per heavy atom. The SMILES string of the molecule is CCOC(=O)C(CCN1CCN(c2cccc3ccccc23)CC1)C(C)=O.Cl. The molecule has 6 heteroatoms. The van der Waals surface area contributed by atoms with Crippen LogP contribution >= 0.6 is 12.4 Å². The van der Waals surface area contributed by atoms with E-state index in [1.165, 1.54) is 23.4 Å². The average Bonchev–Trinajstić information content (AvgIpc) is 2.68. The summed E-state index contributed by atoms with van der Waals surface area (Å²) < 4.78 is 5.03. The fourth-order valence-electron chi connectivity index (χ4n) is 3.74. The van der Waals surface area contributed by atoms with Crippen LogP contribution in [0.1, 0.15) is 20.3 Å². The molecule has 2 aromatic rings. The first-order valence-electron chi connectivity index (χ1n) is 9.72. The van der Waals surface area contributed by atoms with Crippen LogP contribution in [0.5, 0.6) is 0 Å². The number of hydrogen-bond acceptors (Lipinski definition) is 5. The second-order valence-electron chi connectivity index (χ2n) is 7.03. The first-order valence-corrected chi connectivity index (χ1v) is 9.72. The number of fused-ring (bicyclic) bond motifs is 1. The lowest BCUT2D eigenvalue weighted by Gasteiger charge is -2.37. The Morgan fingerprint density at radius 3 is 2.39 bits per heavy atom. The van der Waals surface area contributed by atoms with E-state index in [1.807, 2.05) is 0 Å². The van der Waals surface area contributed by atoms with Crippen LogP contribution in [-0.4, -0.2) is 56.0 Å². The van der Waals surface area contributed by atoms with Crippen LogP contribution in [-0.2, 0) is 14.3 Å². The van der Waals surface area contributed by atoms with Gasteiger partial charge in [0.15, 0.2) is 0 Å². The molecule has 3 rings (SSSR count). The van der Waals surface area contributed by atoms with Gasteiger partial charge in [0, 0.05) is 37.3 Å². The number of esters is 1. The molecular formula is C22H29ClN2O3. The molecule has 0 aromatic heterocycles. The van der Waals surface area contributed by atoms with Crippen LogP contribution in [0.15, 0.2) is 42.5 Å². The fraction of sp³-hybridized carbons (Fsp3) is 0.455. The number of ketones is 1. The smallest absolute Gasteiger partial charge is 0.316 e. The van der Waals surface area contributed by atoms with Crippen molar-refractivity contribution in [1.29, 1.82) is 0 Å². The molecular weight excluding hydrogens is 376 g/mol. The molecule has 1 aliphatic heterocycles. The molecule has 28 heavy (non-hydrogen) atoms. The summed E-state index contributed by atoms with van der Waals surface area (Å²) in [5.74, 6) is -1.14. The average molecular weight is 405 g/mol. The minimum absolute atomic E-state index is 0. The van der Waals surface area contributed by atoms with Gasteiger partial charge in [-0.3, -0.25) is 14.5 Å². The van der Waals surface area contributed by atoms with Crippen LogP contribution in [0.3, 0.4) is 0 Å². The molecule has 0 N–H and O–H groups in total. The summed E-state index contributed by atoms with van der Waals surface area (Å²) in [5, 5.41) is 2.54. The van der Waals surface area contributed by atoms with E-state index in [4.69, 9.17) is 4.74 Å². The lowest BCUT2D eigenvalue weighted by Crippen LogP contribution is -2.47. The molecule has 1 atom stereocenters. The minimum atomic E-state index is -0.638. The zero-order chi connectivity index (χ0) is 19.2. The number of Topliss-reactive ketones (excluding diaryl/α,β-unsaturated/α-hetero) is 1. The number of anilines is 1. The summed E-state index contributed by atoms with van der Waals surface area (Å²) in [6, 6.07) is 14.9. The first kappa shape index (κ1) is 22.2. The van der Waals surface area contributed by atoms with Gasteiger partial charge in [0.1, 0.15) is 11.7 Å². The van der Waals surface area contributed by atoms with E-state index >= 15 is 0 Å². The van der Waals surface area contributed by atoms with Gasteiger partial charge in [-0.1, -0.05) is 36.4 Å². The molecule has 152 valence electrons. The predicted octanol–water partition coefficient (Wildman–Crippen LogP) is 3.54. The molecule has 0 bridgehead atoms. The zero-order valence-electron chi connectivity index (χ0n) is 16.6. The minimum Gasteiger partial charge on any atom is -0.465 e. The molecule has 5 nitrogen and oxygen atoms in total. The van der Waals surface area contributed by atoms with Crippen molar-refractivity contribution in [3.05, 3.63) is 42.5 Å². The normalized spacial score (nSPS) is 15.7. The Bertz CT molecular complexity index is 798. The van der Waals surface area contributed by atoms with E-state index in [0.717, 1.165) is 32.7 Å². The summed E-state index contributed by atoms with van der Waals surface area (Å²) in [4.78, 5) is 28.5. The van der Waals surface area contributed by atoms with E-state index in [0.29, 0.717) is 13.0 Å². The number of piperazine rings is 1. The van der Waals surface area contributed by atoms with E-state index in [-0.39, 0.29) is 24.2 Å². The third kappa shape index (κ3) is 5.24. The number of carbonyl (C=O) groups is 2. The van der Waals surface area contributed by atoms with Gasteiger partial charge in [-0.2, -0.15) is 0 Å². The maximum atomic E-state index is 11.9. The molecule has 0 aliphatic carbocycles. The lowest BCUT2D eigenvalue weighted by molar-refractivity contribution is -0.151. The van der Waals surface area contributed by atoms with Crippen molar-refractivity contribution in [3.63, 3.8) is 0 Å². The van der Waals surface area contributed by atoms with Crippen molar-refractivity contribution in [2.75, 3.05) is 44.2 Å². The van der Waals surface area contributed by atoms with E-state index < -0.39 is 5.92 Å². The van der Waals surface area contributed by atoms with Gasteiger partial charge in [-0.25, -0.2) is 0 Å². The Kier molecular flexibility index (Phi) is 8.27. The summed E-state index contributed by atoms with van der Waals surface area (Å²) in [5.41, 5.74) is 1.28. The zero-order valence-corrected chi connectivity index (χ0v) is 17.4. The van der Waals surface area contributed by atoms with Crippen molar-refractivity contribution >= 4 is 40.6 Å². The van der Waals surface area contributed by atoms with Crippen LogP contribution < -0.4 is 4.90 Å². The molecule has 0 spiro atoms. The molecule has 0 saturated carbocycles. The Labute approximate surface area is 173 Å². The van der Waals surface area contributed by atoms with Gasteiger partial charge in [0.25, 0.3) is 0 Å². The second kappa shape index (κ2) is 10.4.